The fraction of sp³-hybridized carbons (Fsp3) is 0.235. The molecule has 0 radical (unpaired) electrons. The highest BCUT2D eigenvalue weighted by Crippen LogP contribution is 2.33. The molecule has 6 heteroatoms. The van der Waals surface area contributed by atoms with Crippen molar-refractivity contribution < 1.29 is 14.3 Å². The van der Waals surface area contributed by atoms with Crippen molar-refractivity contribution in [2.24, 2.45) is 0 Å². The lowest BCUT2D eigenvalue weighted by atomic mass is 10.1. The molecule has 0 saturated carbocycles. The number of methoxy groups -OCH3 is 1. The van der Waals surface area contributed by atoms with Crippen LogP contribution < -0.4 is 10.1 Å². The molecule has 2 aromatic rings. The Morgan fingerprint density at radius 2 is 2.04 bits per heavy atom. The zero-order valence-electron chi connectivity index (χ0n) is 12.9. The molecule has 23 heavy (non-hydrogen) atoms. The highest BCUT2D eigenvalue weighted by molar-refractivity contribution is 14.1. The van der Waals surface area contributed by atoms with Crippen molar-refractivity contribution in [1.29, 1.82) is 0 Å². The summed E-state index contributed by atoms with van der Waals surface area (Å²) in [6.07, 6.45) is 0. The predicted molar refractivity (Wildman–Crippen MR) is 101 cm³/mol. The topological polar surface area (TPSA) is 47.6 Å². The quantitative estimate of drug-likeness (QED) is 0.525. The van der Waals surface area contributed by atoms with E-state index in [0.717, 1.165) is 9.13 Å². The fourth-order valence-electron chi connectivity index (χ4n) is 1.91. The summed E-state index contributed by atoms with van der Waals surface area (Å²) in [6.45, 7) is 2.79. The molecule has 2 rings (SSSR count). The molecule has 1 amide bonds. The van der Waals surface area contributed by atoms with E-state index < -0.39 is 0 Å². The largest absolute Gasteiger partial charge is 0.487 e. The van der Waals surface area contributed by atoms with Crippen molar-refractivity contribution in [3.8, 4) is 5.75 Å². The maximum Gasteiger partial charge on any atom is 0.255 e. The van der Waals surface area contributed by atoms with Crippen molar-refractivity contribution in [2.45, 2.75) is 6.92 Å². The summed E-state index contributed by atoms with van der Waals surface area (Å²) >= 11 is 8.37. The minimum Gasteiger partial charge on any atom is -0.487 e. The Labute approximate surface area is 154 Å². The number of carbonyl (C=O) groups is 1. The van der Waals surface area contributed by atoms with Gasteiger partial charge in [-0.05, 0) is 59.3 Å². The van der Waals surface area contributed by atoms with Crippen LogP contribution in [-0.4, -0.2) is 26.2 Å². The second-order valence-electron chi connectivity index (χ2n) is 4.88. The Kier molecular flexibility index (Phi) is 6.68. The first-order valence-electron chi connectivity index (χ1n) is 7.00. The van der Waals surface area contributed by atoms with Crippen LogP contribution in [0.25, 0.3) is 0 Å². The van der Waals surface area contributed by atoms with E-state index in [1.165, 1.54) is 0 Å². The van der Waals surface area contributed by atoms with Gasteiger partial charge in [-0.15, -0.1) is 0 Å². The molecule has 0 aliphatic rings. The number of carbonyl (C=O) groups excluding carboxylic acids is 1. The Morgan fingerprint density at radius 3 is 2.74 bits per heavy atom. The number of aryl methyl sites for hydroxylation is 1. The smallest absolute Gasteiger partial charge is 0.255 e. The van der Waals surface area contributed by atoms with Gasteiger partial charge in [-0.1, -0.05) is 23.7 Å². The zero-order chi connectivity index (χ0) is 16.8. The van der Waals surface area contributed by atoms with E-state index in [1.54, 1.807) is 31.4 Å². The second kappa shape index (κ2) is 8.52. The first-order valence-corrected chi connectivity index (χ1v) is 8.46. The third-order valence-electron chi connectivity index (χ3n) is 3.18. The van der Waals surface area contributed by atoms with Gasteiger partial charge in [-0.3, -0.25) is 4.79 Å². The minimum atomic E-state index is -0.207. The van der Waals surface area contributed by atoms with Gasteiger partial charge in [-0.2, -0.15) is 0 Å². The van der Waals surface area contributed by atoms with Crippen LogP contribution >= 0.6 is 34.2 Å². The van der Waals surface area contributed by atoms with Gasteiger partial charge in [-0.25, -0.2) is 0 Å². The third kappa shape index (κ3) is 4.83. The van der Waals surface area contributed by atoms with Crippen LogP contribution in [0.2, 0.25) is 5.02 Å². The Bertz CT molecular complexity index is 706. The van der Waals surface area contributed by atoms with Crippen molar-refractivity contribution in [1.82, 2.24) is 0 Å². The highest BCUT2D eigenvalue weighted by atomic mass is 127. The number of rotatable bonds is 6. The molecule has 0 spiro atoms. The number of anilines is 1. The molecule has 0 saturated heterocycles. The normalized spacial score (nSPS) is 10.4. The number of nitrogens with one attached hydrogen (secondary N) is 1. The van der Waals surface area contributed by atoms with Gasteiger partial charge >= 0.3 is 0 Å². The van der Waals surface area contributed by atoms with E-state index in [1.807, 2.05) is 19.1 Å². The second-order valence-corrected chi connectivity index (χ2v) is 6.45. The van der Waals surface area contributed by atoms with Crippen molar-refractivity contribution in [3.63, 3.8) is 0 Å². The van der Waals surface area contributed by atoms with Crippen molar-refractivity contribution >= 4 is 45.8 Å². The SMILES string of the molecule is COCCOc1c(Cl)cccc1NC(=O)c1ccc(C)c(I)c1. The van der Waals surface area contributed by atoms with Gasteiger partial charge in [0, 0.05) is 16.2 Å². The third-order valence-corrected chi connectivity index (χ3v) is 4.64. The van der Waals surface area contributed by atoms with E-state index in [9.17, 15) is 4.79 Å². The molecular weight excluding hydrogens is 429 g/mol. The van der Waals surface area contributed by atoms with Crippen molar-refractivity contribution in [3.05, 3.63) is 56.1 Å². The molecule has 0 aliphatic carbocycles. The molecule has 0 unspecified atom stereocenters. The molecule has 1 N–H and O–H groups in total. The first kappa shape index (κ1) is 18.0. The summed E-state index contributed by atoms with van der Waals surface area (Å²) in [6, 6.07) is 10.8. The van der Waals surface area contributed by atoms with Gasteiger partial charge in [0.1, 0.15) is 6.61 Å². The standard InChI is InChI=1S/C17H17ClINO3/c1-11-6-7-12(10-14(11)19)17(21)20-15-5-3-4-13(18)16(15)23-9-8-22-2/h3-7,10H,8-9H2,1-2H3,(H,20,21). The summed E-state index contributed by atoms with van der Waals surface area (Å²) in [4.78, 5) is 12.4. The van der Waals surface area contributed by atoms with Gasteiger partial charge < -0.3 is 14.8 Å². The first-order chi connectivity index (χ1) is 11.0. The molecule has 0 aliphatic heterocycles. The molecule has 2 aromatic carbocycles. The lowest BCUT2D eigenvalue weighted by Crippen LogP contribution is -2.14. The average molecular weight is 446 g/mol. The molecule has 0 bridgehead atoms. The monoisotopic (exact) mass is 445 g/mol. The molecule has 0 heterocycles. The van der Waals surface area contributed by atoms with Gasteiger partial charge in [0.25, 0.3) is 5.91 Å². The van der Waals surface area contributed by atoms with E-state index in [2.05, 4.69) is 27.9 Å². The summed E-state index contributed by atoms with van der Waals surface area (Å²) < 4.78 is 11.6. The molecule has 122 valence electrons. The number of halogens is 2. The predicted octanol–water partition coefficient (Wildman–Crippen LogP) is 4.53. The molecule has 0 fully saturated rings. The summed E-state index contributed by atoms with van der Waals surface area (Å²) in [5.74, 6) is 0.239. The van der Waals surface area contributed by atoms with Crippen molar-refractivity contribution in [2.75, 3.05) is 25.6 Å². The average Bonchev–Trinajstić information content (AvgIpc) is 2.52. The summed E-state index contributed by atoms with van der Waals surface area (Å²) in [5, 5.41) is 3.29. The number of para-hydroxylation sites is 1. The van der Waals surface area contributed by atoms with Crippen LogP contribution in [0.5, 0.6) is 5.75 Å². The summed E-state index contributed by atoms with van der Waals surface area (Å²) in [7, 11) is 1.59. The lowest BCUT2D eigenvalue weighted by Gasteiger charge is -2.14. The van der Waals surface area contributed by atoms with Gasteiger partial charge in [0.05, 0.1) is 17.3 Å². The molecule has 0 atom stereocenters. The molecule has 4 nitrogen and oxygen atoms in total. The minimum absolute atomic E-state index is 0.207. The number of benzene rings is 2. The Balaban J connectivity index is 2.19. The van der Waals surface area contributed by atoms with E-state index in [-0.39, 0.29) is 5.91 Å². The highest BCUT2D eigenvalue weighted by Gasteiger charge is 2.13. The van der Waals surface area contributed by atoms with E-state index in [4.69, 9.17) is 21.1 Å². The van der Waals surface area contributed by atoms with Crippen LogP contribution in [0.4, 0.5) is 5.69 Å². The van der Waals surface area contributed by atoms with Gasteiger partial charge in [0.15, 0.2) is 5.75 Å². The van der Waals surface area contributed by atoms with E-state index >= 15 is 0 Å². The Hall–Kier alpha value is -1.31. The number of ether oxygens (including phenoxy) is 2. The lowest BCUT2D eigenvalue weighted by molar-refractivity contribution is 0.102. The number of hydrogen-bond donors (Lipinski definition) is 1. The maximum absolute atomic E-state index is 12.4. The van der Waals surface area contributed by atoms with Crippen LogP contribution in [0.3, 0.4) is 0 Å². The Morgan fingerprint density at radius 1 is 1.26 bits per heavy atom. The van der Waals surface area contributed by atoms with Crippen LogP contribution in [0.15, 0.2) is 36.4 Å². The fourth-order valence-corrected chi connectivity index (χ4v) is 2.65. The van der Waals surface area contributed by atoms with Crippen LogP contribution in [-0.2, 0) is 4.74 Å². The van der Waals surface area contributed by atoms with Crippen LogP contribution in [0, 0.1) is 10.5 Å². The maximum atomic E-state index is 12.4. The summed E-state index contributed by atoms with van der Waals surface area (Å²) in [5.41, 5.74) is 2.26. The number of hydrogen-bond acceptors (Lipinski definition) is 3. The van der Waals surface area contributed by atoms with Gasteiger partial charge in [0.2, 0.25) is 0 Å². The van der Waals surface area contributed by atoms with Crippen LogP contribution in [0.1, 0.15) is 15.9 Å². The zero-order valence-corrected chi connectivity index (χ0v) is 15.8. The number of amides is 1. The molecule has 0 aromatic heterocycles. The van der Waals surface area contributed by atoms with E-state index in [0.29, 0.717) is 35.2 Å². The molecular formula is C17H17ClINO3.